The molecule has 0 spiro atoms. The average molecular weight is 358 g/mol. The molecule has 0 unspecified atom stereocenters. The summed E-state index contributed by atoms with van der Waals surface area (Å²) >= 11 is 7.66. The molecule has 1 heterocycles. The van der Waals surface area contributed by atoms with Gasteiger partial charge in [-0.25, -0.2) is 0 Å². The van der Waals surface area contributed by atoms with E-state index in [-0.39, 0.29) is 5.91 Å². The Labute approximate surface area is 150 Å². The lowest BCUT2D eigenvalue weighted by atomic mass is 10.2. The number of aryl methyl sites for hydroxylation is 1. The van der Waals surface area contributed by atoms with Gasteiger partial charge >= 0.3 is 0 Å². The maximum absolute atomic E-state index is 12.5. The Balaban J connectivity index is 1.72. The van der Waals surface area contributed by atoms with Crippen molar-refractivity contribution in [3.63, 3.8) is 0 Å². The van der Waals surface area contributed by atoms with Crippen LogP contribution in [0.2, 0.25) is 5.02 Å². The average Bonchev–Trinajstić information content (AvgIpc) is 3.06. The second-order valence-electron chi connectivity index (χ2n) is 5.29. The highest BCUT2D eigenvalue weighted by Crippen LogP contribution is 2.26. The molecule has 5 heteroatoms. The van der Waals surface area contributed by atoms with Gasteiger partial charge in [0.1, 0.15) is 0 Å². The quantitative estimate of drug-likeness (QED) is 0.588. The van der Waals surface area contributed by atoms with E-state index in [9.17, 15) is 4.79 Å². The summed E-state index contributed by atoms with van der Waals surface area (Å²) in [6.07, 6.45) is 1.54. The number of rotatable bonds is 5. The lowest BCUT2D eigenvalue weighted by Crippen LogP contribution is -2.13. The Kier molecular flexibility index (Phi) is 5.28. The summed E-state index contributed by atoms with van der Waals surface area (Å²) in [6, 6.07) is 17.3. The van der Waals surface area contributed by atoms with Crippen LogP contribution in [0.5, 0.6) is 0 Å². The van der Waals surface area contributed by atoms with Gasteiger partial charge in [0.05, 0.1) is 6.26 Å². The molecule has 0 radical (unpaired) electrons. The Morgan fingerprint density at radius 1 is 1.17 bits per heavy atom. The highest BCUT2D eigenvalue weighted by atomic mass is 35.5. The van der Waals surface area contributed by atoms with Gasteiger partial charge < -0.3 is 9.73 Å². The number of carbonyl (C=O) groups excluding carboxylic acids is 1. The molecule has 2 aromatic carbocycles. The van der Waals surface area contributed by atoms with Gasteiger partial charge in [0.15, 0.2) is 5.76 Å². The van der Waals surface area contributed by atoms with Crippen LogP contribution in [0.25, 0.3) is 0 Å². The van der Waals surface area contributed by atoms with Crippen LogP contribution in [0.3, 0.4) is 0 Å². The Morgan fingerprint density at radius 2 is 1.96 bits per heavy atom. The minimum Gasteiger partial charge on any atom is -0.459 e. The molecule has 1 aromatic heterocycles. The monoisotopic (exact) mass is 357 g/mol. The topological polar surface area (TPSA) is 42.2 Å². The maximum atomic E-state index is 12.5. The van der Waals surface area contributed by atoms with Crippen molar-refractivity contribution in [2.24, 2.45) is 0 Å². The zero-order chi connectivity index (χ0) is 16.9. The molecule has 0 saturated heterocycles. The summed E-state index contributed by atoms with van der Waals surface area (Å²) in [5, 5.41) is 3.44. The first-order valence-corrected chi connectivity index (χ1v) is 8.81. The van der Waals surface area contributed by atoms with Crippen molar-refractivity contribution in [2.75, 3.05) is 5.32 Å². The van der Waals surface area contributed by atoms with Gasteiger partial charge in [-0.05, 0) is 42.8 Å². The fourth-order valence-electron chi connectivity index (χ4n) is 2.23. The largest absolute Gasteiger partial charge is 0.459 e. The van der Waals surface area contributed by atoms with Crippen molar-refractivity contribution in [1.29, 1.82) is 0 Å². The number of hydrogen-bond donors (Lipinski definition) is 1. The molecule has 0 bridgehead atoms. The van der Waals surface area contributed by atoms with Crippen molar-refractivity contribution in [2.45, 2.75) is 17.6 Å². The first-order chi connectivity index (χ1) is 11.6. The van der Waals surface area contributed by atoms with Crippen LogP contribution in [0, 0.1) is 6.92 Å². The summed E-state index contributed by atoms with van der Waals surface area (Å²) in [7, 11) is 0. The Morgan fingerprint density at radius 3 is 2.75 bits per heavy atom. The Hall–Kier alpha value is -2.17. The van der Waals surface area contributed by atoms with E-state index in [4.69, 9.17) is 16.0 Å². The molecule has 122 valence electrons. The molecule has 3 nitrogen and oxygen atoms in total. The summed E-state index contributed by atoms with van der Waals surface area (Å²) < 4.78 is 5.40. The predicted octanol–water partition coefficient (Wildman–Crippen LogP) is 5.79. The van der Waals surface area contributed by atoms with Crippen LogP contribution >= 0.6 is 23.4 Å². The number of thioether (sulfide) groups is 1. The fraction of sp³-hybridized carbons (Fsp3) is 0.105. The lowest BCUT2D eigenvalue weighted by molar-refractivity contribution is 0.0995. The highest BCUT2D eigenvalue weighted by molar-refractivity contribution is 7.98. The molecule has 1 N–H and O–H groups in total. The van der Waals surface area contributed by atoms with Crippen molar-refractivity contribution in [3.8, 4) is 0 Å². The van der Waals surface area contributed by atoms with Crippen molar-refractivity contribution in [1.82, 2.24) is 0 Å². The lowest BCUT2D eigenvalue weighted by Gasteiger charge is -2.08. The maximum Gasteiger partial charge on any atom is 0.291 e. The van der Waals surface area contributed by atoms with Crippen LogP contribution in [0.15, 0.2) is 70.2 Å². The van der Waals surface area contributed by atoms with Crippen molar-refractivity contribution < 1.29 is 9.21 Å². The van der Waals surface area contributed by atoms with E-state index in [0.29, 0.717) is 22.2 Å². The molecule has 0 aliphatic carbocycles. The zero-order valence-electron chi connectivity index (χ0n) is 13.1. The van der Waals surface area contributed by atoms with E-state index in [1.54, 1.807) is 30.2 Å². The van der Waals surface area contributed by atoms with Gasteiger partial charge in [-0.3, -0.25) is 4.79 Å². The summed E-state index contributed by atoms with van der Waals surface area (Å²) in [4.78, 5) is 13.7. The van der Waals surface area contributed by atoms with Gasteiger partial charge in [0.25, 0.3) is 5.91 Å². The van der Waals surface area contributed by atoms with E-state index in [1.165, 1.54) is 0 Å². The zero-order valence-corrected chi connectivity index (χ0v) is 14.7. The normalized spacial score (nSPS) is 10.6. The summed E-state index contributed by atoms with van der Waals surface area (Å²) in [6.45, 7) is 1.92. The molecule has 0 aliphatic heterocycles. The third kappa shape index (κ3) is 4.02. The number of benzene rings is 2. The second kappa shape index (κ2) is 7.60. The molecular weight excluding hydrogens is 342 g/mol. The van der Waals surface area contributed by atoms with E-state index in [2.05, 4.69) is 5.32 Å². The predicted molar refractivity (Wildman–Crippen MR) is 98.9 cm³/mol. The molecule has 1 amide bonds. The van der Waals surface area contributed by atoms with Crippen LogP contribution in [0.1, 0.15) is 21.7 Å². The Bertz CT molecular complexity index is 846. The smallest absolute Gasteiger partial charge is 0.291 e. The molecule has 3 rings (SSSR count). The number of carbonyl (C=O) groups is 1. The van der Waals surface area contributed by atoms with E-state index in [1.807, 2.05) is 49.4 Å². The van der Waals surface area contributed by atoms with Gasteiger partial charge in [-0.15, -0.1) is 11.8 Å². The van der Waals surface area contributed by atoms with E-state index >= 15 is 0 Å². The molecule has 0 saturated carbocycles. The number of hydrogen-bond acceptors (Lipinski definition) is 3. The fourth-order valence-corrected chi connectivity index (χ4v) is 3.31. The number of anilines is 1. The number of halogens is 1. The molecule has 24 heavy (non-hydrogen) atoms. The van der Waals surface area contributed by atoms with E-state index < -0.39 is 0 Å². The summed E-state index contributed by atoms with van der Waals surface area (Å²) in [5.74, 6) is 0.726. The molecular formula is C19H16ClNO2S. The van der Waals surface area contributed by atoms with Gasteiger partial charge in [0.2, 0.25) is 0 Å². The van der Waals surface area contributed by atoms with Crippen LogP contribution in [0.4, 0.5) is 5.69 Å². The standard InChI is InChI=1S/C19H16ClNO2S/c1-13-7-8-15(20)11-17(13)21-19(22)18-14(9-10-23-18)12-24-16-5-3-2-4-6-16/h2-11H,12H2,1H3,(H,21,22). The van der Waals surface area contributed by atoms with Crippen molar-refractivity contribution >= 4 is 35.0 Å². The second-order valence-corrected chi connectivity index (χ2v) is 6.78. The van der Waals surface area contributed by atoms with Gasteiger partial charge in [0, 0.05) is 26.9 Å². The first-order valence-electron chi connectivity index (χ1n) is 7.45. The first kappa shape index (κ1) is 16.7. The van der Waals surface area contributed by atoms with Gasteiger partial charge in [-0.1, -0.05) is 35.9 Å². The van der Waals surface area contributed by atoms with Crippen LogP contribution in [-0.2, 0) is 5.75 Å². The van der Waals surface area contributed by atoms with Crippen LogP contribution in [-0.4, -0.2) is 5.91 Å². The van der Waals surface area contributed by atoms with Crippen molar-refractivity contribution in [3.05, 3.63) is 82.8 Å². The number of nitrogens with one attached hydrogen (secondary N) is 1. The SMILES string of the molecule is Cc1ccc(Cl)cc1NC(=O)c1occc1CSc1ccccc1. The molecule has 0 fully saturated rings. The van der Waals surface area contributed by atoms with Gasteiger partial charge in [-0.2, -0.15) is 0 Å². The molecule has 0 atom stereocenters. The number of furan rings is 1. The third-order valence-electron chi connectivity index (χ3n) is 3.54. The summed E-state index contributed by atoms with van der Waals surface area (Å²) in [5.41, 5.74) is 2.49. The molecule has 0 aliphatic rings. The van der Waals surface area contributed by atoms with Crippen LogP contribution < -0.4 is 5.32 Å². The third-order valence-corrected chi connectivity index (χ3v) is 4.83. The minimum absolute atomic E-state index is 0.269. The molecule has 3 aromatic rings. The minimum atomic E-state index is -0.269. The van der Waals surface area contributed by atoms with E-state index in [0.717, 1.165) is 16.0 Å². The highest BCUT2D eigenvalue weighted by Gasteiger charge is 2.16. The number of amides is 1.